The van der Waals surface area contributed by atoms with E-state index in [0.717, 1.165) is 0 Å². The molecule has 0 aromatic carbocycles. The molecule has 0 aliphatic heterocycles. The van der Waals surface area contributed by atoms with Gasteiger partial charge in [-0.3, -0.25) is 10.1 Å². The molecular weight excluding hydrogens is 252 g/mol. The highest BCUT2D eigenvalue weighted by molar-refractivity contribution is 5.98. The number of imide groups is 1. The van der Waals surface area contributed by atoms with Gasteiger partial charge in [-0.1, -0.05) is 13.8 Å². The first kappa shape index (κ1) is 14.7. The number of carbonyl (C=O) groups is 3. The van der Waals surface area contributed by atoms with Crippen molar-refractivity contribution in [3.63, 3.8) is 0 Å². The minimum atomic E-state index is -1.10. The molecule has 0 aliphatic rings. The van der Waals surface area contributed by atoms with Gasteiger partial charge in [0.15, 0.2) is 6.10 Å². The average Bonchev–Trinajstić information content (AvgIpc) is 2.70. The lowest BCUT2D eigenvalue weighted by Crippen LogP contribution is -2.45. The molecule has 3 amide bonds. The summed E-state index contributed by atoms with van der Waals surface area (Å²) in [5.41, 5.74) is 5.09. The lowest BCUT2D eigenvalue weighted by molar-refractivity contribution is -0.130. The third-order valence-electron chi connectivity index (χ3n) is 2.42. The first-order valence-corrected chi connectivity index (χ1v) is 5.68. The van der Waals surface area contributed by atoms with Crippen LogP contribution in [0.2, 0.25) is 0 Å². The highest BCUT2D eigenvalue weighted by Gasteiger charge is 2.28. The van der Waals surface area contributed by atoms with Gasteiger partial charge in [0.05, 0.1) is 6.26 Å². The first-order chi connectivity index (χ1) is 8.82. The molecule has 0 saturated carbocycles. The molecule has 0 bridgehead atoms. The van der Waals surface area contributed by atoms with Gasteiger partial charge >= 0.3 is 12.0 Å². The molecule has 19 heavy (non-hydrogen) atoms. The van der Waals surface area contributed by atoms with Gasteiger partial charge in [0.2, 0.25) is 0 Å². The quantitative estimate of drug-likeness (QED) is 0.790. The van der Waals surface area contributed by atoms with Crippen molar-refractivity contribution >= 4 is 17.9 Å². The lowest BCUT2D eigenvalue weighted by Gasteiger charge is -2.19. The maximum atomic E-state index is 11.9. The van der Waals surface area contributed by atoms with Crippen LogP contribution in [0.5, 0.6) is 0 Å². The number of hydrogen-bond acceptors (Lipinski definition) is 5. The molecule has 1 atom stereocenters. The normalized spacial score (nSPS) is 12.0. The third kappa shape index (κ3) is 3.84. The number of hydrogen-bond donors (Lipinski definition) is 2. The van der Waals surface area contributed by atoms with Crippen molar-refractivity contribution in [3.05, 3.63) is 23.7 Å². The van der Waals surface area contributed by atoms with Crippen LogP contribution in [0.25, 0.3) is 0 Å². The van der Waals surface area contributed by atoms with E-state index in [1.807, 2.05) is 5.32 Å². The Morgan fingerprint density at radius 1 is 1.37 bits per heavy atom. The summed E-state index contributed by atoms with van der Waals surface area (Å²) in [6, 6.07) is 0.451. The molecule has 1 aromatic heterocycles. The maximum Gasteiger partial charge on any atom is 0.342 e. The van der Waals surface area contributed by atoms with Crippen molar-refractivity contribution < 1.29 is 23.5 Å². The Morgan fingerprint density at radius 3 is 2.42 bits per heavy atom. The number of rotatable bonds is 4. The molecule has 1 aromatic rings. The molecule has 0 radical (unpaired) electrons. The summed E-state index contributed by atoms with van der Waals surface area (Å²) < 4.78 is 10.1. The van der Waals surface area contributed by atoms with Gasteiger partial charge in [-0.2, -0.15) is 0 Å². The Bertz CT molecular complexity index is 492. The van der Waals surface area contributed by atoms with Crippen molar-refractivity contribution in [2.75, 3.05) is 0 Å². The third-order valence-corrected chi connectivity index (χ3v) is 2.42. The zero-order valence-corrected chi connectivity index (χ0v) is 10.9. The number of esters is 1. The van der Waals surface area contributed by atoms with E-state index in [9.17, 15) is 14.4 Å². The molecule has 0 fully saturated rings. The number of amides is 3. The molecular formula is C12H16N2O5. The molecule has 7 heteroatoms. The van der Waals surface area contributed by atoms with Crippen LogP contribution in [0.4, 0.5) is 4.79 Å². The Balaban J connectivity index is 2.80. The minimum Gasteiger partial charge on any atom is -0.469 e. The second-order valence-electron chi connectivity index (χ2n) is 4.31. The summed E-state index contributed by atoms with van der Waals surface area (Å²) in [5.74, 6) is -1.36. The minimum absolute atomic E-state index is 0.234. The lowest BCUT2D eigenvalue weighted by atomic mass is 10.1. The van der Waals surface area contributed by atoms with Crippen LogP contribution in [0.15, 0.2) is 16.7 Å². The Hall–Kier alpha value is -2.31. The van der Waals surface area contributed by atoms with Gasteiger partial charge in [0.1, 0.15) is 11.3 Å². The molecule has 1 unspecified atom stereocenters. The van der Waals surface area contributed by atoms with Crippen molar-refractivity contribution in [3.8, 4) is 0 Å². The smallest absolute Gasteiger partial charge is 0.342 e. The summed E-state index contributed by atoms with van der Waals surface area (Å²) >= 11 is 0. The van der Waals surface area contributed by atoms with E-state index in [1.54, 1.807) is 20.8 Å². The molecule has 1 rings (SSSR count). The number of primary amides is 1. The van der Waals surface area contributed by atoms with Gasteiger partial charge in [-0.25, -0.2) is 9.59 Å². The summed E-state index contributed by atoms with van der Waals surface area (Å²) in [4.78, 5) is 34.2. The molecule has 0 aliphatic carbocycles. The highest BCUT2D eigenvalue weighted by atomic mass is 16.5. The van der Waals surface area contributed by atoms with Gasteiger partial charge in [0, 0.05) is 0 Å². The predicted octanol–water partition coefficient (Wildman–Crippen LogP) is 0.964. The van der Waals surface area contributed by atoms with E-state index in [0.29, 0.717) is 5.76 Å². The Kier molecular flexibility index (Phi) is 4.68. The zero-order chi connectivity index (χ0) is 14.6. The average molecular weight is 268 g/mol. The molecule has 0 saturated heterocycles. The number of urea groups is 1. The first-order valence-electron chi connectivity index (χ1n) is 5.68. The van der Waals surface area contributed by atoms with Crippen molar-refractivity contribution in [1.82, 2.24) is 5.32 Å². The van der Waals surface area contributed by atoms with Crippen LogP contribution in [0.3, 0.4) is 0 Å². The van der Waals surface area contributed by atoms with Crippen molar-refractivity contribution in [1.29, 1.82) is 0 Å². The monoisotopic (exact) mass is 268 g/mol. The second-order valence-corrected chi connectivity index (χ2v) is 4.31. The number of ether oxygens (including phenoxy) is 1. The van der Waals surface area contributed by atoms with Gasteiger partial charge in [0.25, 0.3) is 5.91 Å². The van der Waals surface area contributed by atoms with Crippen LogP contribution >= 0.6 is 0 Å². The summed E-state index contributed by atoms with van der Waals surface area (Å²) in [5, 5.41) is 1.89. The fraction of sp³-hybridized carbons (Fsp3) is 0.417. The van der Waals surface area contributed by atoms with Crippen LogP contribution in [-0.2, 0) is 9.53 Å². The fourth-order valence-corrected chi connectivity index (χ4v) is 1.46. The van der Waals surface area contributed by atoms with E-state index in [1.165, 1.54) is 12.3 Å². The van der Waals surface area contributed by atoms with Gasteiger partial charge < -0.3 is 14.9 Å². The van der Waals surface area contributed by atoms with Crippen LogP contribution in [0.1, 0.15) is 30.0 Å². The largest absolute Gasteiger partial charge is 0.469 e. The van der Waals surface area contributed by atoms with Crippen LogP contribution in [0, 0.1) is 12.8 Å². The summed E-state index contributed by atoms with van der Waals surface area (Å²) in [6.45, 7) is 4.96. The molecule has 7 nitrogen and oxygen atoms in total. The van der Waals surface area contributed by atoms with Crippen LogP contribution in [-0.4, -0.2) is 24.0 Å². The summed E-state index contributed by atoms with van der Waals surface area (Å²) in [6.07, 6.45) is 0.245. The van der Waals surface area contributed by atoms with E-state index in [4.69, 9.17) is 14.9 Å². The van der Waals surface area contributed by atoms with Crippen molar-refractivity contribution in [2.45, 2.75) is 26.9 Å². The Labute approximate surface area is 110 Å². The number of furan rings is 1. The number of nitrogens with one attached hydrogen (secondary N) is 1. The van der Waals surface area contributed by atoms with E-state index in [-0.39, 0.29) is 11.5 Å². The predicted molar refractivity (Wildman–Crippen MR) is 65.2 cm³/mol. The number of aryl methyl sites for hydroxylation is 1. The number of nitrogens with two attached hydrogens (primary N) is 1. The second kappa shape index (κ2) is 6.03. The van der Waals surface area contributed by atoms with Gasteiger partial charge in [-0.15, -0.1) is 0 Å². The standard InChI is InChI=1S/C12H16N2O5/c1-6(2)9(10(15)14-12(13)17)19-11(16)8-4-5-18-7(8)3/h4-6,9H,1-3H3,(H3,13,14,15,17). The van der Waals surface area contributed by atoms with Crippen LogP contribution < -0.4 is 11.1 Å². The molecule has 3 N–H and O–H groups in total. The van der Waals surface area contributed by atoms with Crippen molar-refractivity contribution in [2.24, 2.45) is 11.7 Å². The van der Waals surface area contributed by atoms with E-state index < -0.39 is 24.0 Å². The molecule has 104 valence electrons. The topological polar surface area (TPSA) is 112 Å². The fourth-order valence-electron chi connectivity index (χ4n) is 1.46. The summed E-state index contributed by atoms with van der Waals surface area (Å²) in [7, 11) is 0. The maximum absolute atomic E-state index is 11.9. The molecule has 1 heterocycles. The van der Waals surface area contributed by atoms with E-state index >= 15 is 0 Å². The molecule has 0 spiro atoms. The zero-order valence-electron chi connectivity index (χ0n) is 10.9. The number of carbonyl (C=O) groups excluding carboxylic acids is 3. The van der Waals surface area contributed by atoms with Gasteiger partial charge in [-0.05, 0) is 18.9 Å². The Morgan fingerprint density at radius 2 is 2.00 bits per heavy atom. The highest BCUT2D eigenvalue weighted by Crippen LogP contribution is 2.14. The SMILES string of the molecule is Cc1occc1C(=O)OC(C(=O)NC(N)=O)C(C)C. The van der Waals surface area contributed by atoms with E-state index in [2.05, 4.69) is 0 Å².